The highest BCUT2D eigenvalue weighted by Gasteiger charge is 2.27. The molecular formula is C72H46F2N6. The number of halogens is 2. The molecule has 0 aliphatic carbocycles. The lowest BCUT2D eigenvalue weighted by Gasteiger charge is -2.30. The molecule has 0 aliphatic heterocycles. The molecule has 16 aromatic rings. The summed E-state index contributed by atoms with van der Waals surface area (Å²) in [5, 5.41) is 7.84. The summed E-state index contributed by atoms with van der Waals surface area (Å²) in [5.74, 6) is -0.798. The molecule has 6 nitrogen and oxygen atoms in total. The Kier molecular flexibility index (Phi) is 10.2. The van der Waals surface area contributed by atoms with Crippen molar-refractivity contribution in [3.05, 3.63) is 291 Å². The number of nitrogens with zero attached hydrogens (tertiary/aromatic N) is 6. The average Bonchev–Trinajstić information content (AvgIpc) is 4.45. The molecular weight excluding hydrogens is 987 g/mol. The van der Waals surface area contributed by atoms with Crippen molar-refractivity contribution in [1.29, 1.82) is 0 Å². The van der Waals surface area contributed by atoms with Crippen molar-refractivity contribution in [2.24, 2.45) is 0 Å². The van der Waals surface area contributed by atoms with Crippen molar-refractivity contribution < 1.29 is 8.78 Å². The second kappa shape index (κ2) is 17.9. The minimum absolute atomic E-state index is 0.399. The Balaban J connectivity index is 0.916. The maximum Gasteiger partial charge on any atom is 0.133 e. The predicted octanol–water partition coefficient (Wildman–Crippen LogP) is 19.6. The summed E-state index contributed by atoms with van der Waals surface area (Å²) in [7, 11) is 0. The molecule has 0 unspecified atom stereocenters. The van der Waals surface area contributed by atoms with E-state index < -0.39 is 11.6 Å². The van der Waals surface area contributed by atoms with Crippen LogP contribution in [0.1, 0.15) is 0 Å². The van der Waals surface area contributed by atoms with Gasteiger partial charge in [-0.25, -0.2) is 8.78 Å². The Bertz CT molecular complexity index is 4480. The summed E-state index contributed by atoms with van der Waals surface area (Å²) in [4.78, 5) is 4.31. The number of rotatable bonds is 10. The lowest BCUT2D eigenvalue weighted by atomic mass is 9.91. The molecule has 4 heterocycles. The van der Waals surface area contributed by atoms with Crippen LogP contribution in [0.4, 0.5) is 42.9 Å². The molecule has 0 amide bonds. The zero-order valence-electron chi connectivity index (χ0n) is 43.0. The van der Waals surface area contributed by atoms with E-state index in [-0.39, 0.29) is 0 Å². The SMILES string of the molecule is Fc1cc(N(c2ccc3c(ccn3-c3ccccc3)c2)c2ccc3c(ccn3-c3ccccc3)c2)c2ccc3c(F)cc(N(c4ccc5c(ccn5-c5ccccc5)c4)c4ccc5c(ccn5-c5ccccc5)c4)c4ccc1c2c34. The van der Waals surface area contributed by atoms with Crippen LogP contribution in [0.2, 0.25) is 0 Å². The molecule has 0 atom stereocenters. The van der Waals surface area contributed by atoms with Gasteiger partial charge in [-0.05, 0) is 158 Å². The fourth-order valence-corrected chi connectivity index (χ4v) is 12.4. The van der Waals surface area contributed by atoms with Gasteiger partial charge in [0.05, 0.1) is 33.4 Å². The summed E-state index contributed by atoms with van der Waals surface area (Å²) in [6.07, 6.45) is 8.37. The van der Waals surface area contributed by atoms with Crippen molar-refractivity contribution >= 4 is 110 Å². The summed E-state index contributed by atoms with van der Waals surface area (Å²) in [6, 6.07) is 86.4. The zero-order valence-corrected chi connectivity index (χ0v) is 43.0. The molecule has 0 aliphatic rings. The molecule has 12 aromatic carbocycles. The fourth-order valence-electron chi connectivity index (χ4n) is 12.4. The number of anilines is 6. The molecule has 0 saturated heterocycles. The van der Waals surface area contributed by atoms with Crippen LogP contribution in [0.5, 0.6) is 0 Å². The number of hydrogen-bond donors (Lipinski definition) is 0. The van der Waals surface area contributed by atoms with Crippen molar-refractivity contribution in [1.82, 2.24) is 18.3 Å². The van der Waals surface area contributed by atoms with Gasteiger partial charge in [0.2, 0.25) is 0 Å². The molecule has 0 bridgehead atoms. The first-order valence-electron chi connectivity index (χ1n) is 26.9. The third-order valence-electron chi connectivity index (χ3n) is 16.1. The van der Waals surface area contributed by atoms with Crippen LogP contribution in [-0.2, 0) is 0 Å². The Morgan fingerprint density at radius 3 is 0.787 bits per heavy atom. The van der Waals surface area contributed by atoms with Crippen LogP contribution in [0.3, 0.4) is 0 Å². The smallest absolute Gasteiger partial charge is 0.133 e. The number of hydrogen-bond acceptors (Lipinski definition) is 2. The van der Waals surface area contributed by atoms with E-state index in [1.807, 2.05) is 97.1 Å². The molecule has 0 saturated carbocycles. The van der Waals surface area contributed by atoms with E-state index in [1.54, 1.807) is 12.1 Å². The third kappa shape index (κ3) is 7.16. The second-order valence-electron chi connectivity index (χ2n) is 20.6. The molecule has 378 valence electrons. The zero-order chi connectivity index (χ0) is 53.0. The predicted molar refractivity (Wildman–Crippen MR) is 327 cm³/mol. The van der Waals surface area contributed by atoms with Crippen molar-refractivity contribution in [2.75, 3.05) is 9.80 Å². The average molecular weight is 1030 g/mol. The maximum absolute atomic E-state index is 17.7. The van der Waals surface area contributed by atoms with E-state index >= 15 is 8.78 Å². The fraction of sp³-hybridized carbons (Fsp3) is 0. The minimum Gasteiger partial charge on any atom is -0.317 e. The van der Waals surface area contributed by atoms with Gasteiger partial charge in [0, 0.05) is 124 Å². The van der Waals surface area contributed by atoms with Gasteiger partial charge in [-0.15, -0.1) is 0 Å². The van der Waals surface area contributed by atoms with Gasteiger partial charge in [0.1, 0.15) is 11.6 Å². The standard InChI is InChI=1S/C72H46F2N6/c73-63-45-69(79(55-21-29-65-47(41-55)33-37-75(65)51-13-5-1-6-14-51)56-22-30-66-48(42-56)34-38-76(66)52-15-7-2-8-16-52)61-27-25-60-64(74)46-70(62-28-26-59(63)71(61)72(60)62)80(57-23-31-67-49(43-57)35-39-77(67)53-17-9-3-10-18-53)58-24-32-68-50(44-58)36-40-78(68)54-19-11-4-12-20-54/h1-46H. The minimum atomic E-state index is -0.399. The molecule has 16 rings (SSSR count). The van der Waals surface area contributed by atoms with Gasteiger partial charge in [0.15, 0.2) is 0 Å². The Hall–Kier alpha value is -10.7. The quantitative estimate of drug-likeness (QED) is 0.128. The van der Waals surface area contributed by atoms with E-state index in [4.69, 9.17) is 0 Å². The molecule has 80 heavy (non-hydrogen) atoms. The highest BCUT2D eigenvalue weighted by Crippen LogP contribution is 2.50. The van der Waals surface area contributed by atoms with Crippen molar-refractivity contribution in [2.45, 2.75) is 0 Å². The molecule has 0 radical (unpaired) electrons. The van der Waals surface area contributed by atoms with Crippen LogP contribution < -0.4 is 9.80 Å². The number of benzene rings is 12. The van der Waals surface area contributed by atoms with E-state index in [0.717, 1.165) is 99.9 Å². The highest BCUT2D eigenvalue weighted by molar-refractivity contribution is 6.28. The molecule has 0 fully saturated rings. The number of aromatic nitrogens is 4. The highest BCUT2D eigenvalue weighted by atomic mass is 19.1. The van der Waals surface area contributed by atoms with E-state index in [2.05, 4.69) is 198 Å². The van der Waals surface area contributed by atoms with Crippen LogP contribution in [0.25, 0.3) is 98.7 Å². The lowest BCUT2D eigenvalue weighted by molar-refractivity contribution is 0.639. The normalized spacial score (nSPS) is 11.9. The topological polar surface area (TPSA) is 26.2 Å². The summed E-state index contributed by atoms with van der Waals surface area (Å²) < 4.78 is 44.1. The number of fused-ring (bicyclic) bond motifs is 4. The third-order valence-corrected chi connectivity index (χ3v) is 16.1. The van der Waals surface area contributed by atoms with Crippen LogP contribution in [0.15, 0.2) is 280 Å². The van der Waals surface area contributed by atoms with Gasteiger partial charge in [-0.3, -0.25) is 0 Å². The summed E-state index contributed by atoms with van der Waals surface area (Å²) in [5.41, 5.74) is 13.1. The van der Waals surface area contributed by atoms with Crippen LogP contribution >= 0.6 is 0 Å². The maximum atomic E-state index is 17.7. The Labute approximate surface area is 458 Å². The Morgan fingerprint density at radius 2 is 0.512 bits per heavy atom. The van der Waals surface area contributed by atoms with Crippen LogP contribution in [-0.4, -0.2) is 18.3 Å². The first-order chi connectivity index (χ1) is 39.5. The molecule has 8 heteroatoms. The molecule has 0 N–H and O–H groups in total. The first-order valence-corrected chi connectivity index (χ1v) is 26.9. The largest absolute Gasteiger partial charge is 0.317 e. The van der Waals surface area contributed by atoms with Gasteiger partial charge < -0.3 is 28.1 Å². The lowest BCUT2D eigenvalue weighted by Crippen LogP contribution is -2.12. The van der Waals surface area contributed by atoms with Gasteiger partial charge in [-0.1, -0.05) is 97.1 Å². The van der Waals surface area contributed by atoms with Gasteiger partial charge in [-0.2, -0.15) is 0 Å². The van der Waals surface area contributed by atoms with Crippen molar-refractivity contribution in [3.8, 4) is 22.7 Å². The summed E-state index contributed by atoms with van der Waals surface area (Å²) in [6.45, 7) is 0. The number of para-hydroxylation sites is 4. The van der Waals surface area contributed by atoms with Gasteiger partial charge in [0.25, 0.3) is 0 Å². The van der Waals surface area contributed by atoms with Gasteiger partial charge >= 0.3 is 0 Å². The second-order valence-corrected chi connectivity index (χ2v) is 20.6. The Morgan fingerprint density at radius 1 is 0.250 bits per heavy atom. The summed E-state index contributed by atoms with van der Waals surface area (Å²) >= 11 is 0. The molecule has 4 aromatic heterocycles. The first kappa shape index (κ1) is 45.5. The van der Waals surface area contributed by atoms with E-state index in [1.165, 1.54) is 0 Å². The van der Waals surface area contributed by atoms with Crippen LogP contribution in [0, 0.1) is 11.6 Å². The monoisotopic (exact) mass is 1030 g/mol. The van der Waals surface area contributed by atoms with E-state index in [9.17, 15) is 0 Å². The molecule has 0 spiro atoms. The van der Waals surface area contributed by atoms with E-state index in [0.29, 0.717) is 32.9 Å². The van der Waals surface area contributed by atoms with Crippen molar-refractivity contribution in [3.63, 3.8) is 0 Å².